The number of aryl methyl sites for hydroxylation is 3. The van der Waals surface area contributed by atoms with E-state index in [1.54, 1.807) is 35.2 Å². The van der Waals surface area contributed by atoms with E-state index in [4.69, 9.17) is 4.74 Å². The highest BCUT2D eigenvalue weighted by Crippen LogP contribution is 2.32. The van der Waals surface area contributed by atoms with E-state index in [0.29, 0.717) is 18.8 Å². The minimum absolute atomic E-state index is 0.0633. The number of ether oxygens (including phenoxy) is 1. The van der Waals surface area contributed by atoms with Crippen LogP contribution in [0.15, 0.2) is 41.3 Å². The van der Waals surface area contributed by atoms with Gasteiger partial charge in [0, 0.05) is 13.1 Å². The highest BCUT2D eigenvalue weighted by Gasteiger charge is 2.32. The van der Waals surface area contributed by atoms with E-state index >= 15 is 0 Å². The molecular formula is C22H28N2O4S. The van der Waals surface area contributed by atoms with E-state index in [-0.39, 0.29) is 23.1 Å². The van der Waals surface area contributed by atoms with Crippen LogP contribution in [0.1, 0.15) is 29.5 Å². The van der Waals surface area contributed by atoms with Gasteiger partial charge in [0.1, 0.15) is 17.2 Å². The fourth-order valence-corrected chi connectivity index (χ4v) is 5.34. The highest BCUT2D eigenvalue weighted by atomic mass is 32.2. The van der Waals surface area contributed by atoms with Crippen LogP contribution in [-0.2, 0) is 14.8 Å². The van der Waals surface area contributed by atoms with Gasteiger partial charge in [0.05, 0.1) is 12.8 Å². The minimum Gasteiger partial charge on any atom is -0.495 e. The molecule has 0 atom stereocenters. The number of hydrogen-bond donors (Lipinski definition) is 0. The Balaban J connectivity index is 2.10. The van der Waals surface area contributed by atoms with Crippen molar-refractivity contribution in [2.24, 2.45) is 0 Å². The fourth-order valence-electron chi connectivity index (χ4n) is 3.70. The van der Waals surface area contributed by atoms with Gasteiger partial charge < -0.3 is 9.64 Å². The predicted octanol–water partition coefficient (Wildman–Crippen LogP) is 3.44. The number of benzene rings is 2. The van der Waals surface area contributed by atoms with E-state index in [1.807, 2.05) is 26.8 Å². The van der Waals surface area contributed by atoms with E-state index in [9.17, 15) is 13.2 Å². The monoisotopic (exact) mass is 416 g/mol. The normalized spacial score (nSPS) is 14.1. The molecule has 0 saturated carbocycles. The third-order valence-electron chi connectivity index (χ3n) is 5.12. The van der Waals surface area contributed by atoms with E-state index in [2.05, 4.69) is 0 Å². The summed E-state index contributed by atoms with van der Waals surface area (Å²) in [5.74, 6) is 0.0791. The molecule has 0 aliphatic carbocycles. The lowest BCUT2D eigenvalue weighted by atomic mass is 10.1. The summed E-state index contributed by atoms with van der Waals surface area (Å²) in [4.78, 5) is 14.7. The van der Waals surface area contributed by atoms with Crippen molar-refractivity contribution in [3.63, 3.8) is 0 Å². The molecule has 0 radical (unpaired) electrons. The zero-order valence-corrected chi connectivity index (χ0v) is 18.3. The van der Waals surface area contributed by atoms with Gasteiger partial charge in [-0.05, 0) is 74.6 Å². The molecule has 1 saturated heterocycles. The van der Waals surface area contributed by atoms with E-state index < -0.39 is 10.0 Å². The third kappa shape index (κ3) is 4.56. The van der Waals surface area contributed by atoms with Gasteiger partial charge in [-0.25, -0.2) is 8.42 Å². The average molecular weight is 417 g/mol. The summed E-state index contributed by atoms with van der Waals surface area (Å²) in [6.45, 7) is 6.77. The minimum atomic E-state index is -4.02. The van der Waals surface area contributed by atoms with Gasteiger partial charge >= 0.3 is 0 Å². The van der Waals surface area contributed by atoms with Crippen molar-refractivity contribution in [3.05, 3.63) is 53.1 Å². The summed E-state index contributed by atoms with van der Waals surface area (Å²) in [5.41, 5.74) is 3.16. The van der Waals surface area contributed by atoms with Crippen LogP contribution in [0.3, 0.4) is 0 Å². The molecule has 0 unspecified atom stereocenters. The summed E-state index contributed by atoms with van der Waals surface area (Å²) in [7, 11) is -2.57. The summed E-state index contributed by atoms with van der Waals surface area (Å²) < 4.78 is 34.0. The molecule has 3 rings (SSSR count). The van der Waals surface area contributed by atoms with Gasteiger partial charge in [0.15, 0.2) is 0 Å². The summed E-state index contributed by atoms with van der Waals surface area (Å²) in [6, 6.07) is 10.6. The van der Waals surface area contributed by atoms with Gasteiger partial charge in [-0.15, -0.1) is 0 Å². The maximum atomic E-state index is 13.7. The second kappa shape index (κ2) is 8.45. The van der Waals surface area contributed by atoms with Crippen LogP contribution in [-0.4, -0.2) is 46.0 Å². The average Bonchev–Trinajstić information content (AvgIpc) is 3.19. The SMILES string of the molecule is COc1ccc(C)cc1S(=O)(=O)N(CC(=O)N1CCCC1)c1cc(C)cc(C)c1. The van der Waals surface area contributed by atoms with Crippen LogP contribution in [0.25, 0.3) is 0 Å². The molecule has 0 N–H and O–H groups in total. The number of methoxy groups -OCH3 is 1. The molecule has 0 spiro atoms. The first-order valence-electron chi connectivity index (χ1n) is 9.76. The van der Waals surface area contributed by atoms with Crippen LogP contribution in [0.5, 0.6) is 5.75 Å². The molecule has 1 aliphatic heterocycles. The molecule has 1 aliphatic rings. The number of amides is 1. The molecule has 0 aromatic heterocycles. The first-order valence-corrected chi connectivity index (χ1v) is 11.2. The second-order valence-electron chi connectivity index (χ2n) is 7.60. The van der Waals surface area contributed by atoms with Gasteiger partial charge in [-0.3, -0.25) is 9.10 Å². The van der Waals surface area contributed by atoms with Crippen molar-refractivity contribution in [3.8, 4) is 5.75 Å². The summed E-state index contributed by atoms with van der Waals surface area (Å²) in [6.07, 6.45) is 1.90. The molecule has 7 heteroatoms. The second-order valence-corrected chi connectivity index (χ2v) is 9.43. The lowest BCUT2D eigenvalue weighted by molar-refractivity contribution is -0.128. The lowest BCUT2D eigenvalue weighted by Gasteiger charge is -2.27. The fraction of sp³-hybridized carbons (Fsp3) is 0.409. The molecule has 29 heavy (non-hydrogen) atoms. The van der Waals surface area contributed by atoms with Crippen molar-refractivity contribution in [2.45, 2.75) is 38.5 Å². The molecular weight excluding hydrogens is 388 g/mol. The topological polar surface area (TPSA) is 66.9 Å². The van der Waals surface area contributed by atoms with Crippen LogP contribution >= 0.6 is 0 Å². The van der Waals surface area contributed by atoms with Crippen molar-refractivity contribution in [2.75, 3.05) is 31.0 Å². The van der Waals surface area contributed by atoms with Gasteiger partial charge in [0.2, 0.25) is 5.91 Å². The molecule has 156 valence electrons. The van der Waals surface area contributed by atoms with E-state index in [0.717, 1.165) is 29.5 Å². The van der Waals surface area contributed by atoms with Crippen LogP contribution in [0.4, 0.5) is 5.69 Å². The Bertz CT molecular complexity index is 991. The van der Waals surface area contributed by atoms with Gasteiger partial charge in [-0.2, -0.15) is 0 Å². The zero-order valence-electron chi connectivity index (χ0n) is 17.4. The standard InChI is InChI=1S/C22H28N2O4S/c1-16-7-8-20(28-4)21(14-16)29(26,27)24(15-22(25)23-9-5-6-10-23)19-12-17(2)11-18(3)13-19/h7-8,11-14H,5-6,9-10,15H2,1-4H3. The van der Waals surface area contributed by atoms with Crippen molar-refractivity contribution < 1.29 is 17.9 Å². The van der Waals surface area contributed by atoms with Crippen LogP contribution < -0.4 is 9.04 Å². The molecule has 1 amide bonds. The first-order chi connectivity index (χ1) is 13.7. The zero-order chi connectivity index (χ0) is 21.2. The van der Waals surface area contributed by atoms with Crippen molar-refractivity contribution in [1.29, 1.82) is 0 Å². The molecule has 1 heterocycles. The predicted molar refractivity (Wildman–Crippen MR) is 114 cm³/mol. The number of carbonyl (C=O) groups is 1. The highest BCUT2D eigenvalue weighted by molar-refractivity contribution is 7.93. The molecule has 2 aromatic carbocycles. The van der Waals surface area contributed by atoms with E-state index in [1.165, 1.54) is 11.4 Å². The Hall–Kier alpha value is -2.54. The maximum Gasteiger partial charge on any atom is 0.268 e. The number of anilines is 1. The summed E-state index contributed by atoms with van der Waals surface area (Å²) >= 11 is 0. The van der Waals surface area contributed by atoms with Gasteiger partial charge in [-0.1, -0.05) is 12.1 Å². The number of rotatable bonds is 6. The lowest BCUT2D eigenvalue weighted by Crippen LogP contribution is -2.42. The number of carbonyl (C=O) groups excluding carboxylic acids is 1. The molecule has 1 fully saturated rings. The Kier molecular flexibility index (Phi) is 6.17. The first kappa shape index (κ1) is 21.2. The van der Waals surface area contributed by atoms with Gasteiger partial charge in [0.25, 0.3) is 10.0 Å². The molecule has 6 nitrogen and oxygen atoms in total. The Morgan fingerprint density at radius 1 is 1.00 bits per heavy atom. The van der Waals surface area contributed by atoms with Crippen molar-refractivity contribution >= 4 is 21.6 Å². The molecule has 2 aromatic rings. The Morgan fingerprint density at radius 2 is 1.62 bits per heavy atom. The quantitative estimate of drug-likeness (QED) is 0.724. The molecule has 0 bridgehead atoms. The number of likely N-dealkylation sites (tertiary alicyclic amines) is 1. The Morgan fingerprint density at radius 3 is 2.21 bits per heavy atom. The number of nitrogens with zero attached hydrogens (tertiary/aromatic N) is 2. The van der Waals surface area contributed by atoms with Crippen LogP contribution in [0.2, 0.25) is 0 Å². The Labute approximate surface area is 173 Å². The van der Waals surface area contributed by atoms with Crippen LogP contribution in [0, 0.1) is 20.8 Å². The number of hydrogen-bond acceptors (Lipinski definition) is 4. The maximum absolute atomic E-state index is 13.7. The largest absolute Gasteiger partial charge is 0.495 e. The third-order valence-corrected chi connectivity index (χ3v) is 6.91. The number of sulfonamides is 1. The smallest absolute Gasteiger partial charge is 0.268 e. The summed E-state index contributed by atoms with van der Waals surface area (Å²) in [5, 5.41) is 0. The van der Waals surface area contributed by atoms with Crippen molar-refractivity contribution in [1.82, 2.24) is 4.90 Å².